The fourth-order valence-electron chi connectivity index (χ4n) is 2.76. The number of anilines is 1. The molecule has 0 bridgehead atoms. The molecule has 174 valence electrons. The SMILES string of the molecule is Nc1ncnc2c1ncn2C1O[C@H](COP(=O)(O)OP(=O)(O)C[As](=O)(O)O)[C@@H](O)[C@H]1O. The van der Waals surface area contributed by atoms with E-state index in [1.807, 2.05) is 0 Å². The zero-order valence-electron chi connectivity index (χ0n) is 15.2. The van der Waals surface area contributed by atoms with Crippen molar-refractivity contribution in [2.45, 2.75) is 24.5 Å². The third-order valence-corrected chi connectivity index (χ3v) is 11.6. The zero-order valence-corrected chi connectivity index (χ0v) is 18.9. The monoisotopic (exact) mass is 549 g/mol. The van der Waals surface area contributed by atoms with Gasteiger partial charge in [-0.25, -0.2) is 4.98 Å². The molecule has 3 unspecified atom stereocenters. The number of aromatic nitrogens is 4. The van der Waals surface area contributed by atoms with Gasteiger partial charge in [0, 0.05) is 0 Å². The molecule has 0 spiro atoms. The van der Waals surface area contributed by atoms with Crippen LogP contribution in [0.2, 0.25) is 0 Å². The molecule has 0 amide bonds. The van der Waals surface area contributed by atoms with Crippen LogP contribution in [0.3, 0.4) is 0 Å². The van der Waals surface area contributed by atoms with Crippen molar-refractivity contribution in [3.63, 3.8) is 0 Å². The van der Waals surface area contributed by atoms with Crippen LogP contribution in [-0.2, 0) is 26.4 Å². The van der Waals surface area contributed by atoms with Crippen LogP contribution < -0.4 is 5.73 Å². The Morgan fingerprint density at radius 2 is 1.87 bits per heavy atom. The Morgan fingerprint density at radius 1 is 1.19 bits per heavy atom. The van der Waals surface area contributed by atoms with E-state index in [2.05, 4.69) is 23.8 Å². The van der Waals surface area contributed by atoms with Crippen molar-refractivity contribution in [1.29, 1.82) is 0 Å². The summed E-state index contributed by atoms with van der Waals surface area (Å²) in [6.45, 7) is -0.896. The Bertz CT molecular complexity index is 1110. The number of fused-ring (bicyclic) bond motifs is 1. The van der Waals surface area contributed by atoms with E-state index in [-0.39, 0.29) is 17.0 Å². The van der Waals surface area contributed by atoms with Gasteiger partial charge in [-0.2, -0.15) is 0 Å². The third kappa shape index (κ3) is 5.79. The topological polar surface area (TPSA) is 270 Å². The molecule has 1 aliphatic rings. The summed E-state index contributed by atoms with van der Waals surface area (Å²) in [4.78, 5) is 29.0. The second-order valence-electron chi connectivity index (χ2n) is 6.42. The molecule has 20 heteroatoms. The number of aliphatic hydroxyl groups is 2. The van der Waals surface area contributed by atoms with Crippen LogP contribution in [0, 0.1) is 0 Å². The summed E-state index contributed by atoms with van der Waals surface area (Å²) in [6, 6.07) is 0. The maximum atomic E-state index is 11.9. The van der Waals surface area contributed by atoms with Crippen LogP contribution >= 0.6 is 15.4 Å². The molecular formula is C11H18AsN5O12P2. The van der Waals surface area contributed by atoms with Crippen molar-refractivity contribution in [1.82, 2.24) is 19.5 Å². The van der Waals surface area contributed by atoms with E-state index in [0.29, 0.717) is 0 Å². The molecule has 8 N–H and O–H groups in total. The molecule has 0 aromatic carbocycles. The first-order valence-electron chi connectivity index (χ1n) is 8.19. The number of imidazole rings is 1. The molecule has 6 atom stereocenters. The van der Waals surface area contributed by atoms with E-state index in [9.17, 15) is 32.9 Å². The van der Waals surface area contributed by atoms with Crippen molar-refractivity contribution >= 4 is 46.6 Å². The first-order chi connectivity index (χ1) is 14.2. The Hall–Kier alpha value is -1.19. The number of nitrogens with two attached hydrogens (primary N) is 1. The maximum absolute atomic E-state index is 11.9. The molecule has 1 fully saturated rings. The summed E-state index contributed by atoms with van der Waals surface area (Å²) in [5.74, 6) is 0.0557. The second-order valence-corrected chi connectivity index (χ2v) is 14.4. The Kier molecular flexibility index (Phi) is 6.81. The second kappa shape index (κ2) is 8.63. The fraction of sp³-hybridized carbons (Fsp3) is 0.545. The van der Waals surface area contributed by atoms with Gasteiger partial charge < -0.3 is 5.73 Å². The summed E-state index contributed by atoms with van der Waals surface area (Å²) in [7, 11) is -10.5. The molecule has 0 aliphatic carbocycles. The predicted octanol–water partition coefficient (Wildman–Crippen LogP) is -2.76. The fourth-order valence-corrected chi connectivity index (χ4v) is 9.16. The molecule has 2 aromatic heterocycles. The molecule has 0 saturated carbocycles. The van der Waals surface area contributed by atoms with Gasteiger partial charge in [0.2, 0.25) is 0 Å². The van der Waals surface area contributed by atoms with Gasteiger partial charge in [-0.3, -0.25) is 0 Å². The summed E-state index contributed by atoms with van der Waals surface area (Å²) in [5, 5.41) is 20.5. The molecule has 0 radical (unpaired) electrons. The van der Waals surface area contributed by atoms with Gasteiger partial charge in [0.25, 0.3) is 0 Å². The summed E-state index contributed by atoms with van der Waals surface area (Å²) < 4.78 is 67.0. The number of hydrogen-bond acceptors (Lipinski definition) is 12. The molecule has 31 heavy (non-hydrogen) atoms. The van der Waals surface area contributed by atoms with E-state index < -0.39 is 65.7 Å². The van der Waals surface area contributed by atoms with Gasteiger partial charge >= 0.3 is 152 Å². The Morgan fingerprint density at radius 3 is 2.52 bits per heavy atom. The molecule has 1 saturated heterocycles. The van der Waals surface area contributed by atoms with E-state index in [0.717, 1.165) is 6.33 Å². The molecule has 3 heterocycles. The van der Waals surface area contributed by atoms with Crippen molar-refractivity contribution in [3.05, 3.63) is 12.7 Å². The third-order valence-electron chi connectivity index (χ3n) is 3.99. The molecule has 2 aromatic rings. The first-order valence-corrected chi connectivity index (χ1v) is 15.2. The van der Waals surface area contributed by atoms with Crippen LogP contribution in [-0.4, -0.2) is 91.8 Å². The minimum absolute atomic E-state index is 0.0557. The molecule has 3 rings (SSSR count). The number of phosphoric ester groups is 1. The molecule has 17 nitrogen and oxygen atoms in total. The number of ether oxygens (including phenoxy) is 1. The number of phosphoric acid groups is 1. The average Bonchev–Trinajstić information content (AvgIpc) is 3.13. The summed E-state index contributed by atoms with van der Waals surface area (Å²) in [6.07, 6.45) is -3.53. The number of nitrogens with zero attached hydrogens (tertiary/aromatic N) is 4. The normalized spacial score (nSPS) is 28.5. The van der Waals surface area contributed by atoms with Gasteiger partial charge in [0.15, 0.2) is 5.82 Å². The van der Waals surface area contributed by atoms with Crippen molar-refractivity contribution in [2.75, 3.05) is 17.3 Å². The quantitative estimate of drug-likeness (QED) is 0.130. The first kappa shape index (κ1) is 24.5. The van der Waals surface area contributed by atoms with Gasteiger partial charge in [0.05, 0.1) is 0 Å². The molecule has 1 aliphatic heterocycles. The molecular weight excluding hydrogens is 531 g/mol. The van der Waals surface area contributed by atoms with Gasteiger partial charge in [-0.1, -0.05) is 0 Å². The van der Waals surface area contributed by atoms with Crippen LogP contribution in [0.25, 0.3) is 11.2 Å². The van der Waals surface area contributed by atoms with Crippen molar-refractivity contribution in [3.8, 4) is 0 Å². The van der Waals surface area contributed by atoms with Crippen molar-refractivity contribution in [2.24, 2.45) is 0 Å². The summed E-state index contributed by atoms with van der Waals surface area (Å²) in [5.41, 5.74) is 6.05. The Labute approximate surface area is 175 Å². The predicted molar refractivity (Wildman–Crippen MR) is 98.1 cm³/mol. The van der Waals surface area contributed by atoms with Crippen LogP contribution in [0.1, 0.15) is 6.23 Å². The number of rotatable bonds is 8. The van der Waals surface area contributed by atoms with Crippen LogP contribution in [0.5, 0.6) is 0 Å². The van der Waals surface area contributed by atoms with E-state index >= 15 is 0 Å². The number of hydrogen-bond donors (Lipinski definition) is 7. The Balaban J connectivity index is 1.69. The van der Waals surface area contributed by atoms with Crippen molar-refractivity contribution < 1.29 is 54.6 Å². The number of nitrogen functional groups attached to an aromatic ring is 1. The number of aliphatic hydroxyl groups excluding tert-OH is 2. The van der Waals surface area contributed by atoms with Gasteiger partial charge in [0.1, 0.15) is 6.33 Å². The van der Waals surface area contributed by atoms with E-state index in [1.165, 1.54) is 10.9 Å². The summed E-state index contributed by atoms with van der Waals surface area (Å²) >= 11 is -5.67. The van der Waals surface area contributed by atoms with Crippen LogP contribution in [0.15, 0.2) is 12.7 Å². The van der Waals surface area contributed by atoms with Gasteiger partial charge in [-0.15, -0.1) is 0 Å². The van der Waals surface area contributed by atoms with E-state index in [4.69, 9.17) is 18.7 Å². The minimum atomic E-state index is -5.67. The average molecular weight is 549 g/mol. The van der Waals surface area contributed by atoms with Gasteiger partial charge in [-0.05, 0) is 0 Å². The van der Waals surface area contributed by atoms with Crippen LogP contribution in [0.4, 0.5) is 5.82 Å². The van der Waals surface area contributed by atoms with E-state index in [1.54, 1.807) is 0 Å². The zero-order chi connectivity index (χ0) is 23.2. The standard InChI is InChI=1S/C11H18AsN5O12P2/c13-9-6-10(15-3-14-9)17(4-16-6)11-8(19)7(18)5(28-11)1-27-31(25,26)29-30(23,24)2-12(20,21)22/h3-5,7-8,11,18-19H,1-2H2,(H,23,24)(H,25,26)(H2,13,14,15)(H2,20,21,22)/t5-,7-,8-,11?/m1/s1.